The molecule has 0 radical (unpaired) electrons. The highest BCUT2D eigenvalue weighted by Gasteiger charge is 2.13. The molecule has 0 fully saturated rings. The Morgan fingerprint density at radius 2 is 2.00 bits per heavy atom. The maximum Gasteiger partial charge on any atom is 0.0867 e. The molecule has 3 heterocycles. The molecule has 0 aliphatic rings. The summed E-state index contributed by atoms with van der Waals surface area (Å²) in [6, 6.07) is 9.64. The molecular weight excluding hydrogens is 226 g/mol. The highest BCUT2D eigenvalue weighted by atomic mass is 16.3. The van der Waals surface area contributed by atoms with Crippen LogP contribution in [0.2, 0.25) is 0 Å². The molecule has 90 valence electrons. The number of pyridine rings is 2. The van der Waals surface area contributed by atoms with Gasteiger partial charge in [0.05, 0.1) is 17.8 Å². The van der Waals surface area contributed by atoms with E-state index in [1.807, 2.05) is 36.5 Å². The first kappa shape index (κ1) is 10.9. The summed E-state index contributed by atoms with van der Waals surface area (Å²) < 4.78 is 1.77. The molecule has 0 amide bonds. The lowest BCUT2D eigenvalue weighted by Gasteiger charge is -2.09. The Morgan fingerprint density at radius 1 is 1.17 bits per heavy atom. The maximum absolute atomic E-state index is 10.3. The molecule has 1 unspecified atom stereocenters. The first-order chi connectivity index (χ1) is 8.84. The fraction of sp³-hybridized carbons (Fsp3) is 0.143. The van der Waals surface area contributed by atoms with Crippen LogP contribution in [-0.2, 0) is 6.42 Å². The van der Waals surface area contributed by atoms with Crippen molar-refractivity contribution in [3.63, 3.8) is 0 Å². The normalized spacial score (nSPS) is 12.7. The van der Waals surface area contributed by atoms with Crippen LogP contribution < -0.4 is 0 Å². The van der Waals surface area contributed by atoms with Gasteiger partial charge in [0.2, 0.25) is 0 Å². The predicted octanol–water partition coefficient (Wildman–Crippen LogP) is 2.01. The second-order valence-electron chi connectivity index (χ2n) is 4.21. The van der Waals surface area contributed by atoms with E-state index in [0.717, 1.165) is 16.6 Å². The van der Waals surface area contributed by atoms with E-state index in [9.17, 15) is 5.11 Å². The molecule has 1 atom stereocenters. The summed E-state index contributed by atoms with van der Waals surface area (Å²) in [5, 5.41) is 14.5. The third kappa shape index (κ3) is 1.98. The van der Waals surface area contributed by atoms with Crippen molar-refractivity contribution in [1.82, 2.24) is 14.6 Å². The average Bonchev–Trinajstić information content (AvgIpc) is 2.84. The molecule has 0 aliphatic heterocycles. The van der Waals surface area contributed by atoms with Crippen molar-refractivity contribution in [2.75, 3.05) is 0 Å². The lowest BCUT2D eigenvalue weighted by Crippen LogP contribution is -2.01. The van der Waals surface area contributed by atoms with Crippen molar-refractivity contribution < 1.29 is 5.11 Å². The summed E-state index contributed by atoms with van der Waals surface area (Å²) in [4.78, 5) is 3.97. The van der Waals surface area contributed by atoms with E-state index in [2.05, 4.69) is 10.1 Å². The largest absolute Gasteiger partial charge is 0.388 e. The number of aromatic nitrogens is 3. The Labute approximate surface area is 105 Å². The van der Waals surface area contributed by atoms with Crippen LogP contribution in [0, 0.1) is 0 Å². The minimum atomic E-state index is -0.549. The van der Waals surface area contributed by atoms with Gasteiger partial charge < -0.3 is 5.11 Å². The molecule has 0 aromatic carbocycles. The summed E-state index contributed by atoms with van der Waals surface area (Å²) in [5.41, 5.74) is 2.86. The lowest BCUT2D eigenvalue weighted by atomic mass is 10.0. The van der Waals surface area contributed by atoms with Gasteiger partial charge in [-0.15, -0.1) is 0 Å². The van der Waals surface area contributed by atoms with Gasteiger partial charge in [-0.25, -0.2) is 4.52 Å². The van der Waals surface area contributed by atoms with Crippen LogP contribution >= 0.6 is 0 Å². The molecule has 0 saturated heterocycles. The van der Waals surface area contributed by atoms with E-state index in [1.165, 1.54) is 0 Å². The van der Waals surface area contributed by atoms with Gasteiger partial charge in [0.25, 0.3) is 0 Å². The van der Waals surface area contributed by atoms with Crippen molar-refractivity contribution in [1.29, 1.82) is 0 Å². The van der Waals surface area contributed by atoms with Crippen LogP contribution in [0.25, 0.3) is 5.52 Å². The van der Waals surface area contributed by atoms with E-state index in [4.69, 9.17) is 0 Å². The Morgan fingerprint density at radius 3 is 2.83 bits per heavy atom. The number of rotatable bonds is 3. The minimum absolute atomic E-state index is 0.549. The second-order valence-corrected chi connectivity index (χ2v) is 4.21. The van der Waals surface area contributed by atoms with E-state index >= 15 is 0 Å². The van der Waals surface area contributed by atoms with E-state index in [0.29, 0.717) is 6.42 Å². The zero-order valence-corrected chi connectivity index (χ0v) is 9.77. The van der Waals surface area contributed by atoms with Crippen LogP contribution in [0.4, 0.5) is 0 Å². The number of hydrogen-bond donors (Lipinski definition) is 1. The second kappa shape index (κ2) is 4.58. The van der Waals surface area contributed by atoms with E-state index < -0.39 is 6.10 Å². The SMILES string of the molecule is OC(Cc1ccncc1)c1cnn2ccccc12. The Hall–Kier alpha value is -2.20. The smallest absolute Gasteiger partial charge is 0.0867 e. The minimum Gasteiger partial charge on any atom is -0.388 e. The topological polar surface area (TPSA) is 50.4 Å². The number of aliphatic hydroxyl groups excluding tert-OH is 1. The van der Waals surface area contributed by atoms with Gasteiger partial charge >= 0.3 is 0 Å². The van der Waals surface area contributed by atoms with Crippen molar-refractivity contribution in [2.24, 2.45) is 0 Å². The molecular formula is C14H13N3O. The zero-order chi connectivity index (χ0) is 12.4. The van der Waals surface area contributed by atoms with Crippen LogP contribution in [0.1, 0.15) is 17.2 Å². The molecule has 0 spiro atoms. The first-order valence-electron chi connectivity index (χ1n) is 5.84. The number of fused-ring (bicyclic) bond motifs is 1. The van der Waals surface area contributed by atoms with Crippen molar-refractivity contribution in [3.8, 4) is 0 Å². The monoisotopic (exact) mass is 239 g/mol. The molecule has 3 aromatic heterocycles. The third-order valence-electron chi connectivity index (χ3n) is 2.99. The summed E-state index contributed by atoms with van der Waals surface area (Å²) in [5.74, 6) is 0. The highest BCUT2D eigenvalue weighted by molar-refractivity contribution is 5.54. The molecule has 0 saturated carbocycles. The molecule has 0 bridgehead atoms. The van der Waals surface area contributed by atoms with Gasteiger partial charge in [-0.1, -0.05) is 6.07 Å². The van der Waals surface area contributed by atoms with Crippen LogP contribution in [0.3, 0.4) is 0 Å². The van der Waals surface area contributed by atoms with Gasteiger partial charge in [0.15, 0.2) is 0 Å². The van der Waals surface area contributed by atoms with Crippen LogP contribution in [-0.4, -0.2) is 19.7 Å². The van der Waals surface area contributed by atoms with Gasteiger partial charge in [-0.05, 0) is 29.8 Å². The molecule has 3 rings (SSSR count). The van der Waals surface area contributed by atoms with E-state index in [1.54, 1.807) is 23.1 Å². The number of nitrogens with zero attached hydrogens (tertiary/aromatic N) is 3. The maximum atomic E-state index is 10.3. The molecule has 3 aromatic rings. The predicted molar refractivity (Wildman–Crippen MR) is 68.1 cm³/mol. The van der Waals surface area contributed by atoms with E-state index in [-0.39, 0.29) is 0 Å². The first-order valence-corrected chi connectivity index (χ1v) is 5.84. The fourth-order valence-corrected chi connectivity index (χ4v) is 2.06. The van der Waals surface area contributed by atoms with Gasteiger partial charge in [0, 0.05) is 30.6 Å². The van der Waals surface area contributed by atoms with Gasteiger partial charge in [-0.3, -0.25) is 4.98 Å². The average molecular weight is 239 g/mol. The molecule has 0 aliphatic carbocycles. The molecule has 18 heavy (non-hydrogen) atoms. The number of hydrogen-bond acceptors (Lipinski definition) is 3. The standard InChI is InChI=1S/C14H13N3O/c18-14(9-11-4-6-15-7-5-11)12-10-16-17-8-2-1-3-13(12)17/h1-8,10,14,18H,9H2. The lowest BCUT2D eigenvalue weighted by molar-refractivity contribution is 0.180. The molecule has 4 heteroatoms. The quantitative estimate of drug-likeness (QED) is 0.760. The van der Waals surface area contributed by atoms with Crippen LogP contribution in [0.5, 0.6) is 0 Å². The Kier molecular flexibility index (Phi) is 2.78. The van der Waals surface area contributed by atoms with Crippen molar-refractivity contribution in [3.05, 3.63) is 66.2 Å². The summed E-state index contributed by atoms with van der Waals surface area (Å²) in [6.07, 6.45) is 7.08. The van der Waals surface area contributed by atoms with Crippen LogP contribution in [0.15, 0.2) is 55.1 Å². The van der Waals surface area contributed by atoms with Crippen molar-refractivity contribution in [2.45, 2.75) is 12.5 Å². The highest BCUT2D eigenvalue weighted by Crippen LogP contribution is 2.22. The summed E-state index contributed by atoms with van der Waals surface area (Å²) in [7, 11) is 0. The zero-order valence-electron chi connectivity index (χ0n) is 9.77. The third-order valence-corrected chi connectivity index (χ3v) is 2.99. The summed E-state index contributed by atoms with van der Waals surface area (Å²) >= 11 is 0. The van der Waals surface area contributed by atoms with Gasteiger partial charge in [0.1, 0.15) is 0 Å². The Balaban J connectivity index is 1.90. The van der Waals surface area contributed by atoms with Gasteiger partial charge in [-0.2, -0.15) is 5.10 Å². The number of aliphatic hydroxyl groups is 1. The van der Waals surface area contributed by atoms with Crippen molar-refractivity contribution >= 4 is 5.52 Å². The Bertz CT molecular complexity index is 648. The molecule has 4 nitrogen and oxygen atoms in total. The summed E-state index contributed by atoms with van der Waals surface area (Å²) in [6.45, 7) is 0. The molecule has 1 N–H and O–H groups in total. The fourth-order valence-electron chi connectivity index (χ4n) is 2.06.